The normalized spacial score (nSPS) is 22.3. The summed E-state index contributed by atoms with van der Waals surface area (Å²) < 4.78 is 5.39. The third-order valence-corrected chi connectivity index (χ3v) is 7.24. The Bertz CT molecular complexity index is 1110. The minimum Gasteiger partial charge on any atom is -0.511 e. The van der Waals surface area contributed by atoms with Gasteiger partial charge < -0.3 is 14.8 Å². The second-order valence-corrected chi connectivity index (χ2v) is 9.03. The first kappa shape index (κ1) is 19.5. The molecule has 3 aromatic rings. The number of aromatic nitrogens is 1. The second kappa shape index (κ2) is 7.68. The van der Waals surface area contributed by atoms with Crippen molar-refractivity contribution in [3.63, 3.8) is 0 Å². The number of fused-ring (bicyclic) bond motifs is 4. The summed E-state index contributed by atoms with van der Waals surface area (Å²) in [7, 11) is 1.67. The Balaban J connectivity index is 1.43. The monoisotopic (exact) mass is 422 g/mol. The molecule has 1 aliphatic heterocycles. The maximum atomic E-state index is 10.5. The van der Waals surface area contributed by atoms with Crippen LogP contribution in [0.3, 0.4) is 0 Å². The lowest BCUT2D eigenvalue weighted by Gasteiger charge is -2.44. The number of rotatable bonds is 4. The number of nitrogens with zero attached hydrogens (tertiary/aromatic N) is 1. The van der Waals surface area contributed by atoms with Crippen molar-refractivity contribution in [2.24, 2.45) is 11.8 Å². The lowest BCUT2D eigenvalue weighted by molar-refractivity contribution is 0.0716. The number of aliphatic hydroxyl groups excluding tert-OH is 1. The highest BCUT2D eigenvalue weighted by molar-refractivity contribution is 6.35. The average Bonchev–Trinajstić information content (AvgIpc) is 3.11. The minimum atomic E-state index is -0.208. The van der Waals surface area contributed by atoms with Gasteiger partial charge in [-0.15, -0.1) is 0 Å². The van der Waals surface area contributed by atoms with Gasteiger partial charge in [-0.05, 0) is 67.0 Å². The summed E-state index contributed by atoms with van der Waals surface area (Å²) in [4.78, 5) is 5.97. The Morgan fingerprint density at radius 2 is 2.07 bits per heavy atom. The Kier molecular flexibility index (Phi) is 5.00. The summed E-state index contributed by atoms with van der Waals surface area (Å²) in [5.41, 5.74) is 4.86. The van der Waals surface area contributed by atoms with Crippen LogP contribution in [0.5, 0.6) is 5.75 Å². The smallest absolute Gasteiger partial charge is 0.119 e. The highest BCUT2D eigenvalue weighted by Gasteiger charge is 2.38. The van der Waals surface area contributed by atoms with Gasteiger partial charge in [0.1, 0.15) is 11.5 Å². The zero-order chi connectivity index (χ0) is 20.8. The number of halogens is 1. The van der Waals surface area contributed by atoms with Gasteiger partial charge in [-0.3, -0.25) is 4.90 Å². The molecule has 5 heteroatoms. The van der Waals surface area contributed by atoms with E-state index in [0.29, 0.717) is 11.8 Å². The fourth-order valence-corrected chi connectivity index (χ4v) is 5.71. The highest BCUT2D eigenvalue weighted by atomic mass is 35.5. The maximum absolute atomic E-state index is 10.5. The van der Waals surface area contributed by atoms with E-state index in [1.165, 1.54) is 16.6 Å². The number of benzene rings is 2. The summed E-state index contributed by atoms with van der Waals surface area (Å²) in [6, 6.07) is 13.9. The van der Waals surface area contributed by atoms with Gasteiger partial charge in [0.05, 0.1) is 23.7 Å². The topological polar surface area (TPSA) is 48.5 Å². The van der Waals surface area contributed by atoms with Gasteiger partial charge in [-0.2, -0.15) is 0 Å². The number of nitrogens with one attached hydrogen (secondary N) is 1. The number of methoxy groups -OCH3 is 1. The van der Waals surface area contributed by atoms with E-state index in [1.807, 2.05) is 36.4 Å². The lowest BCUT2D eigenvalue weighted by atomic mass is 9.73. The third kappa shape index (κ3) is 3.28. The molecule has 2 N–H and O–H groups in total. The number of para-hydroxylation sites is 1. The van der Waals surface area contributed by atoms with Gasteiger partial charge in [0.25, 0.3) is 0 Å². The van der Waals surface area contributed by atoms with E-state index in [4.69, 9.17) is 16.3 Å². The van der Waals surface area contributed by atoms with E-state index in [1.54, 1.807) is 7.11 Å². The number of hydrogen-bond acceptors (Lipinski definition) is 3. The van der Waals surface area contributed by atoms with Crippen LogP contribution in [-0.2, 0) is 12.8 Å². The molecule has 3 unspecified atom stereocenters. The van der Waals surface area contributed by atoms with E-state index in [0.717, 1.165) is 54.2 Å². The van der Waals surface area contributed by atoms with Crippen LogP contribution in [0.25, 0.3) is 10.9 Å². The van der Waals surface area contributed by atoms with Crippen molar-refractivity contribution in [3.05, 3.63) is 76.6 Å². The van der Waals surface area contributed by atoms with Gasteiger partial charge in [0, 0.05) is 17.6 Å². The van der Waals surface area contributed by atoms with E-state index in [2.05, 4.69) is 22.5 Å². The molecule has 2 aliphatic rings. The molecule has 0 saturated carbocycles. The molecule has 0 spiro atoms. The Morgan fingerprint density at radius 3 is 2.87 bits per heavy atom. The SMILES string of the molecule is C=C(O)C(c1cccc(OC)c1)N1CCC2Cc3[nH]c4c(Cl)cccc4c3CC2C1. The molecule has 0 bridgehead atoms. The number of H-pyrrole nitrogens is 1. The van der Waals surface area contributed by atoms with E-state index in [-0.39, 0.29) is 11.8 Å². The zero-order valence-electron chi connectivity index (χ0n) is 17.2. The number of ether oxygens (including phenoxy) is 1. The van der Waals surface area contributed by atoms with Crippen LogP contribution in [0.1, 0.15) is 29.3 Å². The van der Waals surface area contributed by atoms with Crippen LogP contribution in [0.2, 0.25) is 5.02 Å². The first-order chi connectivity index (χ1) is 14.5. The zero-order valence-corrected chi connectivity index (χ0v) is 18.0. The number of hydrogen-bond donors (Lipinski definition) is 2. The van der Waals surface area contributed by atoms with Gasteiger partial charge in [0.15, 0.2) is 0 Å². The Labute approximate surface area is 182 Å². The summed E-state index contributed by atoms with van der Waals surface area (Å²) in [5.74, 6) is 2.19. The van der Waals surface area contributed by atoms with Crippen LogP contribution in [0, 0.1) is 11.8 Å². The Morgan fingerprint density at radius 1 is 1.23 bits per heavy atom. The second-order valence-electron chi connectivity index (χ2n) is 8.63. The summed E-state index contributed by atoms with van der Waals surface area (Å²) >= 11 is 6.43. The predicted molar refractivity (Wildman–Crippen MR) is 121 cm³/mol. The molecule has 1 aromatic heterocycles. The highest BCUT2D eigenvalue weighted by Crippen LogP contribution is 2.42. The molecule has 2 aromatic carbocycles. The van der Waals surface area contributed by atoms with Gasteiger partial charge >= 0.3 is 0 Å². The summed E-state index contributed by atoms with van der Waals surface area (Å²) in [6.07, 6.45) is 3.23. The standard InChI is InChI=1S/C25H27ClN2O2/c1-15(29)25(17-5-3-6-19(11-17)30-2)28-10-9-16-13-23-21(12-18(16)14-28)20-7-4-8-22(26)24(20)27-23/h3-8,11,16,18,25,27,29H,1,9-10,12-14H2,2H3. The van der Waals surface area contributed by atoms with Crippen molar-refractivity contribution < 1.29 is 9.84 Å². The van der Waals surface area contributed by atoms with Crippen molar-refractivity contribution in [1.29, 1.82) is 0 Å². The number of piperidine rings is 1. The van der Waals surface area contributed by atoms with Gasteiger partial charge in [-0.25, -0.2) is 0 Å². The largest absolute Gasteiger partial charge is 0.511 e. The maximum Gasteiger partial charge on any atom is 0.119 e. The summed E-state index contributed by atoms with van der Waals surface area (Å²) in [5, 5.41) is 12.5. The molecule has 0 radical (unpaired) electrons. The van der Waals surface area contributed by atoms with E-state index < -0.39 is 0 Å². The van der Waals surface area contributed by atoms with Crippen molar-refractivity contribution in [1.82, 2.24) is 9.88 Å². The van der Waals surface area contributed by atoms with E-state index >= 15 is 0 Å². The average molecular weight is 423 g/mol. The molecule has 5 rings (SSSR count). The molecule has 1 saturated heterocycles. The number of aromatic amines is 1. The lowest BCUT2D eigenvalue weighted by Crippen LogP contribution is -2.45. The van der Waals surface area contributed by atoms with Crippen molar-refractivity contribution in [2.75, 3.05) is 20.2 Å². The fourth-order valence-electron chi connectivity index (χ4n) is 5.49. The molecule has 30 heavy (non-hydrogen) atoms. The molecule has 4 nitrogen and oxygen atoms in total. The number of aliphatic hydroxyl groups is 1. The molecule has 156 valence electrons. The quantitative estimate of drug-likeness (QED) is 0.532. The molecule has 2 heterocycles. The first-order valence-corrected chi connectivity index (χ1v) is 11.0. The van der Waals surface area contributed by atoms with Crippen LogP contribution < -0.4 is 4.74 Å². The van der Waals surface area contributed by atoms with Crippen LogP contribution in [0.15, 0.2) is 54.8 Å². The molecule has 1 aliphatic carbocycles. The van der Waals surface area contributed by atoms with Gasteiger partial charge in [0.2, 0.25) is 0 Å². The van der Waals surface area contributed by atoms with Crippen LogP contribution >= 0.6 is 11.6 Å². The van der Waals surface area contributed by atoms with Crippen molar-refractivity contribution in [2.45, 2.75) is 25.3 Å². The molecular weight excluding hydrogens is 396 g/mol. The molecule has 1 fully saturated rings. The molecular formula is C25H27ClN2O2. The molecule has 3 atom stereocenters. The Hall–Kier alpha value is -2.43. The predicted octanol–water partition coefficient (Wildman–Crippen LogP) is 5.68. The number of likely N-dealkylation sites (tertiary alicyclic amines) is 1. The van der Waals surface area contributed by atoms with Gasteiger partial charge in [-0.1, -0.05) is 42.4 Å². The van der Waals surface area contributed by atoms with Crippen molar-refractivity contribution in [3.8, 4) is 5.75 Å². The van der Waals surface area contributed by atoms with Crippen molar-refractivity contribution >= 4 is 22.5 Å². The summed E-state index contributed by atoms with van der Waals surface area (Å²) in [6.45, 7) is 5.78. The van der Waals surface area contributed by atoms with E-state index in [9.17, 15) is 5.11 Å². The third-order valence-electron chi connectivity index (χ3n) is 6.92. The fraction of sp³-hybridized carbons (Fsp3) is 0.360. The van der Waals surface area contributed by atoms with Crippen LogP contribution in [-0.4, -0.2) is 35.2 Å². The molecule has 0 amide bonds. The van der Waals surface area contributed by atoms with Crippen LogP contribution in [0.4, 0.5) is 0 Å². The minimum absolute atomic E-state index is 0.192. The first-order valence-electron chi connectivity index (χ1n) is 10.6.